The van der Waals surface area contributed by atoms with Crippen LogP contribution in [0.25, 0.3) is 0 Å². The monoisotopic (exact) mass is 446 g/mol. The van der Waals surface area contributed by atoms with Crippen molar-refractivity contribution >= 4 is 11.7 Å². The Balaban J connectivity index is 1.58. The Morgan fingerprint density at radius 1 is 1.09 bits per heavy atom. The van der Waals surface area contributed by atoms with Crippen LogP contribution >= 0.6 is 0 Å². The molecule has 0 bridgehead atoms. The Bertz CT molecular complexity index is 1010. The van der Waals surface area contributed by atoms with Crippen LogP contribution in [0.2, 0.25) is 0 Å². The topological polar surface area (TPSA) is 86.1 Å². The molecule has 0 saturated carbocycles. The molecule has 33 heavy (non-hydrogen) atoms. The molecule has 0 fully saturated rings. The van der Waals surface area contributed by atoms with Crippen molar-refractivity contribution in [2.75, 3.05) is 6.61 Å². The van der Waals surface area contributed by atoms with Crippen molar-refractivity contribution in [1.82, 2.24) is 19.9 Å². The third-order valence-corrected chi connectivity index (χ3v) is 6.24. The summed E-state index contributed by atoms with van der Waals surface area (Å²) in [6.07, 6.45) is 5.26. The molecule has 7 nitrogen and oxygen atoms in total. The highest BCUT2D eigenvalue weighted by atomic mass is 16.5. The van der Waals surface area contributed by atoms with Crippen molar-refractivity contribution in [2.45, 2.75) is 58.2 Å². The van der Waals surface area contributed by atoms with Gasteiger partial charge in [-0.25, -0.2) is 9.97 Å². The minimum atomic E-state index is -0.305. The van der Waals surface area contributed by atoms with Gasteiger partial charge in [-0.05, 0) is 36.5 Å². The molecule has 1 aromatic carbocycles. The lowest BCUT2D eigenvalue weighted by atomic mass is 9.90. The Kier molecular flexibility index (Phi) is 7.29. The summed E-state index contributed by atoms with van der Waals surface area (Å²) in [5.74, 6) is 0.522. The molecule has 2 aromatic heterocycles. The first-order valence-corrected chi connectivity index (χ1v) is 11.6. The SMILES string of the molecule is CC[C@H](CC(=O)c1cc(C(=O)N[C@@H](CC)c2ncccn2)c2n1CCOC2)c1ccccc1. The summed E-state index contributed by atoms with van der Waals surface area (Å²) in [6.45, 7) is 5.47. The van der Waals surface area contributed by atoms with E-state index in [-0.39, 0.29) is 23.7 Å². The Morgan fingerprint density at radius 3 is 2.55 bits per heavy atom. The highest BCUT2D eigenvalue weighted by Gasteiger charge is 2.28. The molecule has 2 atom stereocenters. The van der Waals surface area contributed by atoms with Crippen LogP contribution in [0.15, 0.2) is 54.9 Å². The molecule has 7 heteroatoms. The number of ketones is 1. The smallest absolute Gasteiger partial charge is 0.253 e. The molecular weight excluding hydrogens is 416 g/mol. The summed E-state index contributed by atoms with van der Waals surface area (Å²) >= 11 is 0. The van der Waals surface area contributed by atoms with Gasteiger partial charge in [-0.15, -0.1) is 0 Å². The quantitative estimate of drug-likeness (QED) is 0.491. The lowest BCUT2D eigenvalue weighted by molar-refractivity contribution is 0.0780. The van der Waals surface area contributed by atoms with Gasteiger partial charge in [0.25, 0.3) is 5.91 Å². The fourth-order valence-electron chi connectivity index (χ4n) is 4.38. The molecule has 0 radical (unpaired) electrons. The molecule has 0 saturated heterocycles. The number of hydrogen-bond acceptors (Lipinski definition) is 5. The zero-order chi connectivity index (χ0) is 23.2. The maximum atomic E-state index is 13.4. The van der Waals surface area contributed by atoms with Gasteiger partial charge in [0.1, 0.15) is 5.82 Å². The van der Waals surface area contributed by atoms with Crippen LogP contribution in [0.5, 0.6) is 0 Å². The van der Waals surface area contributed by atoms with Crippen molar-refractivity contribution in [3.05, 3.63) is 83.2 Å². The number of carbonyl (C=O) groups is 2. The van der Waals surface area contributed by atoms with E-state index in [1.54, 1.807) is 24.5 Å². The van der Waals surface area contributed by atoms with E-state index in [1.807, 2.05) is 29.7 Å². The second kappa shape index (κ2) is 10.5. The number of benzene rings is 1. The fraction of sp³-hybridized carbons (Fsp3) is 0.385. The molecule has 4 rings (SSSR count). The molecular formula is C26H30N4O3. The van der Waals surface area contributed by atoms with Gasteiger partial charge in [-0.1, -0.05) is 44.2 Å². The lowest BCUT2D eigenvalue weighted by Crippen LogP contribution is -2.30. The predicted octanol–water partition coefficient (Wildman–Crippen LogP) is 4.46. The van der Waals surface area contributed by atoms with Gasteiger partial charge >= 0.3 is 0 Å². The maximum Gasteiger partial charge on any atom is 0.253 e. The number of ether oxygens (including phenoxy) is 1. The lowest BCUT2D eigenvalue weighted by Gasteiger charge is -2.21. The van der Waals surface area contributed by atoms with Crippen LogP contribution < -0.4 is 5.32 Å². The molecule has 3 aromatic rings. The average molecular weight is 447 g/mol. The standard InChI is InChI=1S/C26H30N4O3/c1-3-18(19-9-6-5-7-10-19)15-24(31)22-16-20(23-17-33-14-13-30(22)23)26(32)29-21(4-2)25-27-11-8-12-28-25/h5-12,16,18,21H,3-4,13-15,17H2,1-2H3,(H,29,32)/t18-,21+/m1/s1. The first-order chi connectivity index (χ1) is 16.1. The number of amides is 1. The van der Waals surface area contributed by atoms with E-state index >= 15 is 0 Å². The van der Waals surface area contributed by atoms with Crippen LogP contribution in [0, 0.1) is 0 Å². The van der Waals surface area contributed by atoms with E-state index in [9.17, 15) is 9.59 Å². The highest BCUT2D eigenvalue weighted by Crippen LogP contribution is 2.28. The Morgan fingerprint density at radius 2 is 1.85 bits per heavy atom. The molecule has 172 valence electrons. The molecule has 1 aliphatic heterocycles. The first kappa shape index (κ1) is 22.9. The van der Waals surface area contributed by atoms with Crippen LogP contribution in [0.4, 0.5) is 0 Å². The van der Waals surface area contributed by atoms with Gasteiger partial charge in [0, 0.05) is 25.4 Å². The molecule has 1 N–H and O–H groups in total. The number of aromatic nitrogens is 3. The van der Waals surface area contributed by atoms with Gasteiger partial charge < -0.3 is 14.6 Å². The first-order valence-electron chi connectivity index (χ1n) is 11.6. The zero-order valence-corrected chi connectivity index (χ0v) is 19.2. The summed E-state index contributed by atoms with van der Waals surface area (Å²) < 4.78 is 7.59. The van der Waals surface area contributed by atoms with E-state index in [0.717, 1.165) is 17.7 Å². The summed E-state index contributed by atoms with van der Waals surface area (Å²) in [6, 6.07) is 13.3. The van der Waals surface area contributed by atoms with E-state index in [1.165, 1.54) is 0 Å². The van der Waals surface area contributed by atoms with E-state index in [0.29, 0.717) is 49.7 Å². The number of nitrogens with zero attached hydrogens (tertiary/aromatic N) is 3. The summed E-state index contributed by atoms with van der Waals surface area (Å²) in [4.78, 5) is 35.2. The van der Waals surface area contributed by atoms with E-state index < -0.39 is 0 Å². The van der Waals surface area contributed by atoms with Crippen molar-refractivity contribution in [2.24, 2.45) is 0 Å². The van der Waals surface area contributed by atoms with Crippen molar-refractivity contribution < 1.29 is 14.3 Å². The zero-order valence-electron chi connectivity index (χ0n) is 19.2. The van der Waals surface area contributed by atoms with Crippen LogP contribution in [0.1, 0.15) is 83.0 Å². The van der Waals surface area contributed by atoms with Crippen LogP contribution in [-0.4, -0.2) is 32.8 Å². The number of nitrogens with one attached hydrogen (secondary N) is 1. The number of fused-ring (bicyclic) bond motifs is 1. The molecule has 3 heterocycles. The van der Waals surface area contributed by atoms with Crippen molar-refractivity contribution in [3.8, 4) is 0 Å². The van der Waals surface area contributed by atoms with Gasteiger partial charge in [0.05, 0.1) is 36.2 Å². The Labute approximate surface area is 194 Å². The molecule has 0 unspecified atom stereocenters. The van der Waals surface area contributed by atoms with Gasteiger partial charge in [-0.3, -0.25) is 9.59 Å². The summed E-state index contributed by atoms with van der Waals surface area (Å²) in [5, 5.41) is 3.04. The summed E-state index contributed by atoms with van der Waals surface area (Å²) in [5.41, 5.74) is 2.98. The van der Waals surface area contributed by atoms with Crippen molar-refractivity contribution in [3.63, 3.8) is 0 Å². The van der Waals surface area contributed by atoms with E-state index in [2.05, 4.69) is 34.3 Å². The minimum Gasteiger partial charge on any atom is -0.373 e. The number of carbonyl (C=O) groups excluding carboxylic acids is 2. The van der Waals surface area contributed by atoms with Crippen molar-refractivity contribution in [1.29, 1.82) is 0 Å². The van der Waals surface area contributed by atoms with Gasteiger partial charge in [0.15, 0.2) is 5.78 Å². The van der Waals surface area contributed by atoms with Crippen LogP contribution in [-0.2, 0) is 17.9 Å². The normalized spacial score (nSPS) is 14.8. The van der Waals surface area contributed by atoms with Gasteiger partial charge in [-0.2, -0.15) is 0 Å². The summed E-state index contributed by atoms with van der Waals surface area (Å²) in [7, 11) is 0. The number of rotatable bonds is 9. The largest absolute Gasteiger partial charge is 0.373 e. The van der Waals surface area contributed by atoms with Crippen LogP contribution in [0.3, 0.4) is 0 Å². The molecule has 1 aliphatic rings. The molecule has 0 aliphatic carbocycles. The molecule has 0 spiro atoms. The van der Waals surface area contributed by atoms with E-state index in [4.69, 9.17) is 4.74 Å². The second-order valence-electron chi connectivity index (χ2n) is 8.28. The fourth-order valence-corrected chi connectivity index (χ4v) is 4.38. The predicted molar refractivity (Wildman–Crippen MR) is 125 cm³/mol. The maximum absolute atomic E-state index is 13.4. The Hall–Kier alpha value is -3.32. The third-order valence-electron chi connectivity index (χ3n) is 6.24. The van der Waals surface area contributed by atoms with Gasteiger partial charge in [0.2, 0.25) is 0 Å². The second-order valence-corrected chi connectivity index (χ2v) is 8.28. The number of hydrogen-bond donors (Lipinski definition) is 1. The molecule has 1 amide bonds. The average Bonchev–Trinajstić information content (AvgIpc) is 3.26. The third kappa shape index (κ3) is 5.03. The minimum absolute atomic E-state index is 0.0475. The number of Topliss-reactive ketones (excluding diaryl/α,β-unsaturated/α-hetero) is 1. The highest BCUT2D eigenvalue weighted by molar-refractivity contribution is 6.01.